The zero-order valence-corrected chi connectivity index (χ0v) is 20.3. The molecular weight excluding hydrogens is 397 g/mol. The standard InChI is InChI=1S/C28H32NOP/c1-27(2,3)31(30,28(4,5)6)29-20-25(22-15-11-8-12-16-22)24-18-17-23(19-26(24)29)21-13-9-7-10-14-21/h7-20H,1-6H3. The highest BCUT2D eigenvalue weighted by Gasteiger charge is 2.48. The number of nitrogens with zero attached hydrogens (tertiary/aromatic N) is 1. The van der Waals surface area contributed by atoms with Crippen molar-refractivity contribution in [1.29, 1.82) is 0 Å². The van der Waals surface area contributed by atoms with Crippen LogP contribution < -0.4 is 0 Å². The van der Waals surface area contributed by atoms with Gasteiger partial charge in [-0.3, -0.25) is 8.90 Å². The Balaban J connectivity index is 2.09. The summed E-state index contributed by atoms with van der Waals surface area (Å²) in [4.78, 5) is 0. The molecule has 0 aliphatic rings. The second-order valence-electron chi connectivity index (χ2n) is 10.3. The first-order valence-electron chi connectivity index (χ1n) is 10.9. The van der Waals surface area contributed by atoms with Crippen LogP contribution in [0.2, 0.25) is 0 Å². The third kappa shape index (κ3) is 3.58. The molecular formula is C28H32NOP. The summed E-state index contributed by atoms with van der Waals surface area (Å²) in [5.74, 6) is 0. The molecule has 0 amide bonds. The summed E-state index contributed by atoms with van der Waals surface area (Å²) >= 11 is 0. The Hall–Kier alpha value is -2.57. The molecule has 31 heavy (non-hydrogen) atoms. The van der Waals surface area contributed by atoms with E-state index in [-0.39, 0.29) is 10.3 Å². The van der Waals surface area contributed by atoms with E-state index in [9.17, 15) is 4.57 Å². The van der Waals surface area contributed by atoms with Gasteiger partial charge in [0.25, 0.3) is 0 Å². The second kappa shape index (κ2) is 7.53. The Kier molecular flexibility index (Phi) is 5.26. The number of benzene rings is 3. The lowest BCUT2D eigenvalue weighted by molar-refractivity contribution is 0.510. The summed E-state index contributed by atoms with van der Waals surface area (Å²) in [6.45, 7) is 12.6. The molecule has 0 radical (unpaired) electrons. The lowest BCUT2D eigenvalue weighted by atomic mass is 10.0. The van der Waals surface area contributed by atoms with Crippen LogP contribution in [0.3, 0.4) is 0 Å². The van der Waals surface area contributed by atoms with Gasteiger partial charge in [-0.1, -0.05) is 114 Å². The van der Waals surface area contributed by atoms with Crippen LogP contribution in [0, 0.1) is 0 Å². The molecule has 3 heteroatoms. The fourth-order valence-corrected chi connectivity index (χ4v) is 8.81. The minimum atomic E-state index is -2.88. The lowest BCUT2D eigenvalue weighted by Gasteiger charge is -2.42. The van der Waals surface area contributed by atoms with E-state index in [1.165, 1.54) is 5.56 Å². The van der Waals surface area contributed by atoms with E-state index in [1.54, 1.807) is 0 Å². The second-order valence-corrected chi connectivity index (χ2v) is 14.5. The average Bonchev–Trinajstić information content (AvgIpc) is 3.12. The van der Waals surface area contributed by atoms with Crippen LogP contribution in [0.15, 0.2) is 85.1 Å². The molecule has 0 aliphatic heterocycles. The Bertz CT molecular complexity index is 1240. The van der Waals surface area contributed by atoms with E-state index in [1.807, 2.05) is 12.1 Å². The number of fused-ring (bicyclic) bond motifs is 1. The SMILES string of the molecule is CC(C)(C)P(=O)(n1cc(-c2ccccc2)c2ccc(-c3ccccc3)cc21)C(C)(C)C. The molecule has 2 nitrogen and oxygen atoms in total. The molecule has 0 unspecified atom stereocenters. The number of hydrogen-bond acceptors (Lipinski definition) is 1. The quantitative estimate of drug-likeness (QED) is 0.299. The maximum absolute atomic E-state index is 14.9. The van der Waals surface area contributed by atoms with Crippen molar-refractivity contribution >= 4 is 18.2 Å². The van der Waals surface area contributed by atoms with Crippen molar-refractivity contribution in [3.63, 3.8) is 0 Å². The summed E-state index contributed by atoms with van der Waals surface area (Å²) in [7, 11) is -2.88. The lowest BCUT2D eigenvalue weighted by Crippen LogP contribution is -2.32. The van der Waals surface area contributed by atoms with Gasteiger partial charge in [-0.2, -0.15) is 0 Å². The molecule has 0 N–H and O–H groups in total. The highest BCUT2D eigenvalue weighted by Crippen LogP contribution is 2.68. The Morgan fingerprint density at radius 2 is 1.16 bits per heavy atom. The van der Waals surface area contributed by atoms with Gasteiger partial charge in [0, 0.05) is 27.5 Å². The molecule has 0 spiro atoms. The number of rotatable bonds is 3. The van der Waals surface area contributed by atoms with Crippen LogP contribution in [0.4, 0.5) is 0 Å². The van der Waals surface area contributed by atoms with Crippen molar-refractivity contribution < 1.29 is 4.57 Å². The minimum Gasteiger partial charge on any atom is -0.299 e. The van der Waals surface area contributed by atoms with Crippen LogP contribution in [-0.4, -0.2) is 14.6 Å². The average molecular weight is 430 g/mol. The van der Waals surface area contributed by atoms with Crippen molar-refractivity contribution in [2.45, 2.75) is 51.9 Å². The van der Waals surface area contributed by atoms with Gasteiger partial charge in [0.1, 0.15) is 0 Å². The fourth-order valence-electron chi connectivity index (χ4n) is 4.75. The molecule has 0 fully saturated rings. The molecule has 160 valence electrons. The Morgan fingerprint density at radius 1 is 0.645 bits per heavy atom. The van der Waals surface area contributed by atoms with Gasteiger partial charge in [-0.25, -0.2) is 0 Å². The first-order valence-corrected chi connectivity index (χ1v) is 12.6. The van der Waals surface area contributed by atoms with Crippen LogP contribution in [0.25, 0.3) is 33.2 Å². The topological polar surface area (TPSA) is 22.0 Å². The highest BCUT2D eigenvalue weighted by molar-refractivity contribution is 7.65. The first-order chi connectivity index (χ1) is 14.5. The van der Waals surface area contributed by atoms with E-state index in [0.29, 0.717) is 0 Å². The van der Waals surface area contributed by atoms with E-state index in [4.69, 9.17) is 0 Å². The molecule has 1 aromatic heterocycles. The molecule has 1 heterocycles. The molecule has 0 saturated carbocycles. The summed E-state index contributed by atoms with van der Waals surface area (Å²) in [5.41, 5.74) is 5.62. The van der Waals surface area contributed by atoms with E-state index in [2.05, 4.69) is 119 Å². The zero-order chi connectivity index (χ0) is 22.4. The summed E-state index contributed by atoms with van der Waals surface area (Å²) < 4.78 is 17.0. The van der Waals surface area contributed by atoms with Gasteiger partial charge in [0.2, 0.25) is 0 Å². The molecule has 0 aliphatic carbocycles. The van der Waals surface area contributed by atoms with Crippen molar-refractivity contribution in [2.24, 2.45) is 0 Å². The molecule has 0 bridgehead atoms. The maximum atomic E-state index is 14.9. The molecule has 4 rings (SSSR count). The van der Waals surface area contributed by atoms with Gasteiger partial charge in [-0.05, 0) is 22.8 Å². The highest BCUT2D eigenvalue weighted by atomic mass is 31.2. The largest absolute Gasteiger partial charge is 0.299 e. The van der Waals surface area contributed by atoms with Gasteiger partial charge in [-0.15, -0.1) is 0 Å². The van der Waals surface area contributed by atoms with E-state index < -0.39 is 7.29 Å². The van der Waals surface area contributed by atoms with Gasteiger partial charge >= 0.3 is 0 Å². The van der Waals surface area contributed by atoms with Crippen LogP contribution >= 0.6 is 7.29 Å². The fraction of sp³-hybridized carbons (Fsp3) is 0.286. The first kappa shape index (κ1) is 21.7. The Labute approximate surface area is 186 Å². The van der Waals surface area contributed by atoms with Crippen molar-refractivity contribution in [3.05, 3.63) is 85.1 Å². The Morgan fingerprint density at radius 3 is 1.68 bits per heavy atom. The molecule has 3 aromatic carbocycles. The summed E-state index contributed by atoms with van der Waals surface area (Å²) in [6.07, 6.45) is 2.13. The van der Waals surface area contributed by atoms with E-state index in [0.717, 1.165) is 27.6 Å². The molecule has 4 aromatic rings. The van der Waals surface area contributed by atoms with Gasteiger partial charge < -0.3 is 0 Å². The molecule has 0 atom stereocenters. The van der Waals surface area contributed by atoms with Crippen LogP contribution in [-0.2, 0) is 4.57 Å². The minimum absolute atomic E-state index is 0.381. The van der Waals surface area contributed by atoms with Crippen LogP contribution in [0.1, 0.15) is 41.5 Å². The molecule has 0 saturated heterocycles. The zero-order valence-electron chi connectivity index (χ0n) is 19.4. The van der Waals surface area contributed by atoms with Crippen molar-refractivity contribution in [2.75, 3.05) is 0 Å². The van der Waals surface area contributed by atoms with Crippen molar-refractivity contribution in [1.82, 2.24) is 4.34 Å². The predicted molar refractivity (Wildman–Crippen MR) is 135 cm³/mol. The van der Waals surface area contributed by atoms with Crippen molar-refractivity contribution in [3.8, 4) is 22.3 Å². The predicted octanol–water partition coefficient (Wildman–Crippen LogP) is 8.70. The smallest absolute Gasteiger partial charge is 0.186 e. The summed E-state index contributed by atoms with van der Waals surface area (Å²) in [6, 6.07) is 27.4. The maximum Gasteiger partial charge on any atom is 0.186 e. The third-order valence-corrected chi connectivity index (χ3v) is 10.7. The monoisotopic (exact) mass is 429 g/mol. The van der Waals surface area contributed by atoms with E-state index >= 15 is 0 Å². The normalized spacial score (nSPS) is 13.0. The number of aromatic nitrogens is 1. The van der Waals surface area contributed by atoms with Gasteiger partial charge in [0.05, 0.1) is 5.52 Å². The van der Waals surface area contributed by atoms with Crippen LogP contribution in [0.5, 0.6) is 0 Å². The number of hydrogen-bond donors (Lipinski definition) is 0. The third-order valence-electron chi connectivity index (χ3n) is 6.10. The van der Waals surface area contributed by atoms with Gasteiger partial charge in [0.15, 0.2) is 7.29 Å². The summed E-state index contributed by atoms with van der Waals surface area (Å²) in [5, 5.41) is 0.376.